The number of carbonyl (C=O) groups is 1. The Balaban J connectivity index is 1.82. The lowest BCUT2D eigenvalue weighted by molar-refractivity contribution is -0.127. The fraction of sp³-hybridized carbons (Fsp3) is 0.278. The molecule has 23 heavy (non-hydrogen) atoms. The predicted octanol–water partition coefficient (Wildman–Crippen LogP) is 3.31. The summed E-state index contributed by atoms with van der Waals surface area (Å²) in [5, 5.41) is 2.80. The van der Waals surface area contributed by atoms with Crippen molar-refractivity contribution < 1.29 is 18.7 Å². The van der Waals surface area contributed by atoms with Gasteiger partial charge >= 0.3 is 0 Å². The van der Waals surface area contributed by atoms with E-state index in [1.165, 1.54) is 24.3 Å². The van der Waals surface area contributed by atoms with Crippen molar-refractivity contribution in [3.05, 3.63) is 59.9 Å². The average Bonchev–Trinajstić information content (AvgIpc) is 2.56. The van der Waals surface area contributed by atoms with Gasteiger partial charge in [0.05, 0.1) is 6.61 Å². The Kier molecular flexibility index (Phi) is 5.97. The largest absolute Gasteiger partial charge is 0.494 e. The average molecular weight is 317 g/mol. The van der Waals surface area contributed by atoms with Crippen LogP contribution in [0.5, 0.6) is 11.5 Å². The van der Waals surface area contributed by atoms with Crippen molar-refractivity contribution in [1.82, 2.24) is 5.32 Å². The van der Waals surface area contributed by atoms with Gasteiger partial charge in [-0.3, -0.25) is 4.79 Å². The summed E-state index contributed by atoms with van der Waals surface area (Å²) in [6.07, 6.45) is -0.664. The first-order chi connectivity index (χ1) is 11.1. The molecule has 5 heteroatoms. The highest BCUT2D eigenvalue weighted by atomic mass is 19.1. The second-order valence-corrected chi connectivity index (χ2v) is 5.01. The van der Waals surface area contributed by atoms with Crippen molar-refractivity contribution in [2.45, 2.75) is 26.5 Å². The van der Waals surface area contributed by atoms with Gasteiger partial charge in [0.15, 0.2) is 6.10 Å². The van der Waals surface area contributed by atoms with Crippen LogP contribution in [-0.4, -0.2) is 18.6 Å². The molecule has 0 aromatic heterocycles. The van der Waals surface area contributed by atoms with Crippen LogP contribution in [0.2, 0.25) is 0 Å². The van der Waals surface area contributed by atoms with Crippen LogP contribution in [0.3, 0.4) is 0 Å². The van der Waals surface area contributed by atoms with Crippen molar-refractivity contribution in [2.75, 3.05) is 6.61 Å². The van der Waals surface area contributed by atoms with Gasteiger partial charge in [0.1, 0.15) is 17.3 Å². The zero-order valence-corrected chi connectivity index (χ0v) is 13.2. The number of rotatable bonds is 7. The summed E-state index contributed by atoms with van der Waals surface area (Å²) in [4.78, 5) is 12.0. The lowest BCUT2D eigenvalue weighted by Crippen LogP contribution is -2.35. The van der Waals surface area contributed by atoms with E-state index in [1.54, 1.807) is 6.92 Å². The molecule has 0 radical (unpaired) electrons. The fourth-order valence-electron chi connectivity index (χ4n) is 1.97. The molecule has 0 unspecified atom stereocenters. The Labute approximate surface area is 135 Å². The molecule has 0 bridgehead atoms. The molecule has 0 saturated carbocycles. The Hall–Kier alpha value is -2.56. The van der Waals surface area contributed by atoms with Crippen LogP contribution in [-0.2, 0) is 11.3 Å². The van der Waals surface area contributed by atoms with Gasteiger partial charge < -0.3 is 14.8 Å². The van der Waals surface area contributed by atoms with Gasteiger partial charge in [-0.15, -0.1) is 0 Å². The highest BCUT2D eigenvalue weighted by molar-refractivity contribution is 5.80. The Bertz CT molecular complexity index is 626. The van der Waals surface area contributed by atoms with Gasteiger partial charge in [0, 0.05) is 6.54 Å². The van der Waals surface area contributed by atoms with E-state index in [-0.39, 0.29) is 11.7 Å². The maximum absolute atomic E-state index is 12.8. The van der Waals surface area contributed by atoms with E-state index in [0.717, 1.165) is 11.3 Å². The third-order valence-electron chi connectivity index (χ3n) is 3.20. The first-order valence-electron chi connectivity index (χ1n) is 7.50. The molecule has 0 spiro atoms. The predicted molar refractivity (Wildman–Crippen MR) is 85.9 cm³/mol. The molecule has 2 aromatic carbocycles. The number of nitrogens with one attached hydrogen (secondary N) is 1. The monoisotopic (exact) mass is 317 g/mol. The molecule has 2 aromatic rings. The van der Waals surface area contributed by atoms with E-state index in [2.05, 4.69) is 5.32 Å². The van der Waals surface area contributed by atoms with E-state index in [4.69, 9.17) is 9.47 Å². The lowest BCUT2D eigenvalue weighted by Gasteiger charge is -2.15. The summed E-state index contributed by atoms with van der Waals surface area (Å²) in [5.41, 5.74) is 0.968. The zero-order chi connectivity index (χ0) is 16.7. The molecule has 0 heterocycles. The molecule has 0 aliphatic carbocycles. The molecule has 1 N–H and O–H groups in total. The van der Waals surface area contributed by atoms with Crippen LogP contribution in [0, 0.1) is 5.82 Å². The minimum Gasteiger partial charge on any atom is -0.494 e. The number of hydrogen-bond acceptors (Lipinski definition) is 3. The number of halogens is 1. The zero-order valence-electron chi connectivity index (χ0n) is 13.2. The quantitative estimate of drug-likeness (QED) is 0.852. The van der Waals surface area contributed by atoms with Gasteiger partial charge in [-0.2, -0.15) is 0 Å². The first-order valence-corrected chi connectivity index (χ1v) is 7.50. The highest BCUT2D eigenvalue weighted by Crippen LogP contribution is 2.14. The number of hydrogen-bond donors (Lipinski definition) is 1. The van der Waals surface area contributed by atoms with Crippen LogP contribution in [0.15, 0.2) is 48.5 Å². The highest BCUT2D eigenvalue weighted by Gasteiger charge is 2.14. The van der Waals surface area contributed by atoms with Gasteiger partial charge in [0.25, 0.3) is 5.91 Å². The summed E-state index contributed by atoms with van der Waals surface area (Å²) in [6.45, 7) is 4.60. The molecule has 0 fully saturated rings. The van der Waals surface area contributed by atoms with E-state index >= 15 is 0 Å². The van der Waals surface area contributed by atoms with Crippen LogP contribution >= 0.6 is 0 Å². The molecule has 122 valence electrons. The van der Waals surface area contributed by atoms with Gasteiger partial charge in [-0.05, 0) is 55.8 Å². The van der Waals surface area contributed by atoms with Crippen molar-refractivity contribution in [1.29, 1.82) is 0 Å². The number of ether oxygens (including phenoxy) is 2. The van der Waals surface area contributed by atoms with Crippen LogP contribution in [0.25, 0.3) is 0 Å². The topological polar surface area (TPSA) is 47.6 Å². The summed E-state index contributed by atoms with van der Waals surface area (Å²) in [7, 11) is 0. The van der Waals surface area contributed by atoms with E-state index in [9.17, 15) is 9.18 Å². The summed E-state index contributed by atoms with van der Waals surface area (Å²) < 4.78 is 23.7. The van der Waals surface area contributed by atoms with Crippen molar-refractivity contribution in [3.63, 3.8) is 0 Å². The molecule has 2 rings (SSSR count). The first kappa shape index (κ1) is 16.8. The maximum atomic E-state index is 12.8. The summed E-state index contributed by atoms with van der Waals surface area (Å²) in [5.74, 6) is 0.680. The van der Waals surface area contributed by atoms with Crippen LogP contribution < -0.4 is 14.8 Å². The Morgan fingerprint density at radius 3 is 2.30 bits per heavy atom. The maximum Gasteiger partial charge on any atom is 0.261 e. The van der Waals surface area contributed by atoms with Crippen LogP contribution in [0.1, 0.15) is 19.4 Å². The molecule has 0 saturated heterocycles. The second kappa shape index (κ2) is 8.17. The SMILES string of the molecule is CCOc1ccc(CNC(=O)[C@H](C)Oc2ccc(F)cc2)cc1. The molecule has 0 aliphatic heterocycles. The fourth-order valence-corrected chi connectivity index (χ4v) is 1.97. The minimum atomic E-state index is -0.664. The third kappa shape index (κ3) is 5.29. The molecular formula is C18H20FNO3. The smallest absolute Gasteiger partial charge is 0.261 e. The second-order valence-electron chi connectivity index (χ2n) is 5.01. The molecule has 0 aliphatic rings. The van der Waals surface area contributed by atoms with Crippen LogP contribution in [0.4, 0.5) is 4.39 Å². The van der Waals surface area contributed by atoms with E-state index in [0.29, 0.717) is 18.9 Å². The van der Waals surface area contributed by atoms with Gasteiger partial charge in [-0.25, -0.2) is 4.39 Å². The Morgan fingerprint density at radius 1 is 1.09 bits per heavy atom. The summed E-state index contributed by atoms with van der Waals surface area (Å²) in [6, 6.07) is 13.1. The number of benzene rings is 2. The van der Waals surface area contributed by atoms with Crippen molar-refractivity contribution in [2.24, 2.45) is 0 Å². The number of amides is 1. The number of carbonyl (C=O) groups excluding carboxylic acids is 1. The van der Waals surface area contributed by atoms with Crippen molar-refractivity contribution in [3.8, 4) is 11.5 Å². The van der Waals surface area contributed by atoms with Crippen molar-refractivity contribution >= 4 is 5.91 Å². The minimum absolute atomic E-state index is 0.233. The molecule has 4 nitrogen and oxygen atoms in total. The lowest BCUT2D eigenvalue weighted by atomic mass is 10.2. The Morgan fingerprint density at radius 2 is 1.70 bits per heavy atom. The summed E-state index contributed by atoms with van der Waals surface area (Å²) >= 11 is 0. The normalized spacial score (nSPS) is 11.6. The van der Waals surface area contributed by atoms with Gasteiger partial charge in [0.2, 0.25) is 0 Å². The van der Waals surface area contributed by atoms with E-state index < -0.39 is 6.10 Å². The standard InChI is InChI=1S/C18H20FNO3/c1-3-22-16-8-4-14(5-9-16)12-20-18(21)13(2)23-17-10-6-15(19)7-11-17/h4-11,13H,3,12H2,1-2H3,(H,20,21)/t13-/m0/s1. The molecule has 1 atom stereocenters. The molecule has 1 amide bonds. The molecular weight excluding hydrogens is 297 g/mol. The van der Waals surface area contributed by atoms with Gasteiger partial charge in [-0.1, -0.05) is 12.1 Å². The van der Waals surface area contributed by atoms with E-state index in [1.807, 2.05) is 31.2 Å². The third-order valence-corrected chi connectivity index (χ3v) is 3.20.